The highest BCUT2D eigenvalue weighted by atomic mass is 32.2. The molecule has 1 heterocycles. The molecule has 0 aliphatic carbocycles. The second-order valence-electron chi connectivity index (χ2n) is 4.55. The molecule has 0 aromatic heterocycles. The number of carbonyl (C=O) groups is 2. The molecule has 6 heteroatoms. The van der Waals surface area contributed by atoms with Gasteiger partial charge in [0.2, 0.25) is 11.8 Å². The number of nitrogens with zero attached hydrogens (tertiary/aromatic N) is 1. The molecule has 2 unspecified atom stereocenters. The fourth-order valence-electron chi connectivity index (χ4n) is 2.21. The lowest BCUT2D eigenvalue weighted by Crippen LogP contribution is -2.54. The molecule has 0 spiro atoms. The van der Waals surface area contributed by atoms with Crippen LogP contribution in [0.25, 0.3) is 0 Å². The molecule has 1 aromatic carbocycles. The molecule has 2 amide bonds. The minimum absolute atomic E-state index is 0.0148. The van der Waals surface area contributed by atoms with Gasteiger partial charge in [0, 0.05) is 28.9 Å². The second kappa shape index (κ2) is 6.65. The normalized spacial score (nSPS) is 20.6. The molecule has 1 aliphatic rings. The Bertz CT molecular complexity index is 518. The van der Waals surface area contributed by atoms with Crippen LogP contribution in [0.2, 0.25) is 0 Å². The predicted molar refractivity (Wildman–Crippen MR) is 77.5 cm³/mol. The van der Waals surface area contributed by atoms with Crippen LogP contribution in [-0.4, -0.2) is 45.5 Å². The first-order valence-electron chi connectivity index (χ1n) is 6.60. The van der Waals surface area contributed by atoms with Crippen LogP contribution in [0.1, 0.15) is 18.5 Å². The van der Waals surface area contributed by atoms with Crippen molar-refractivity contribution < 1.29 is 13.8 Å². The fraction of sp³-hybridized carbons (Fsp3) is 0.429. The first kappa shape index (κ1) is 14.7. The Morgan fingerprint density at radius 3 is 2.65 bits per heavy atom. The Morgan fingerprint density at radius 1 is 1.30 bits per heavy atom. The van der Waals surface area contributed by atoms with Crippen LogP contribution in [0.15, 0.2) is 30.3 Å². The third-order valence-corrected chi connectivity index (χ3v) is 4.57. The molecule has 0 radical (unpaired) electrons. The highest BCUT2D eigenvalue weighted by molar-refractivity contribution is 7.84. The Hall–Kier alpha value is -1.69. The Balaban J connectivity index is 2.21. The second-order valence-corrected chi connectivity index (χ2v) is 6.42. The highest BCUT2D eigenvalue weighted by Crippen LogP contribution is 2.23. The number of hydrogen-bond donors (Lipinski definition) is 1. The van der Waals surface area contributed by atoms with E-state index >= 15 is 0 Å². The van der Waals surface area contributed by atoms with E-state index in [0.717, 1.165) is 5.56 Å². The first-order chi connectivity index (χ1) is 9.63. The zero-order valence-corrected chi connectivity index (χ0v) is 12.2. The lowest BCUT2D eigenvalue weighted by molar-refractivity contribution is -0.145. The van der Waals surface area contributed by atoms with Crippen LogP contribution >= 0.6 is 0 Å². The summed E-state index contributed by atoms with van der Waals surface area (Å²) in [6.07, 6.45) is 0. The molecule has 2 atom stereocenters. The summed E-state index contributed by atoms with van der Waals surface area (Å²) in [5, 5.41) is 2.61. The van der Waals surface area contributed by atoms with E-state index in [-0.39, 0.29) is 18.4 Å². The van der Waals surface area contributed by atoms with E-state index < -0.39 is 16.8 Å². The molecule has 5 nitrogen and oxygen atoms in total. The van der Waals surface area contributed by atoms with Crippen molar-refractivity contribution >= 4 is 22.6 Å². The predicted octanol–water partition coefficient (Wildman–Crippen LogP) is 0.455. The molecule has 1 fully saturated rings. The monoisotopic (exact) mass is 294 g/mol. The van der Waals surface area contributed by atoms with E-state index in [9.17, 15) is 13.8 Å². The highest BCUT2D eigenvalue weighted by Gasteiger charge is 2.35. The van der Waals surface area contributed by atoms with E-state index in [1.807, 2.05) is 37.3 Å². The molecule has 1 N–H and O–H groups in total. The average molecular weight is 294 g/mol. The maximum atomic E-state index is 12.1. The van der Waals surface area contributed by atoms with Crippen LogP contribution in [0.5, 0.6) is 0 Å². The summed E-state index contributed by atoms with van der Waals surface area (Å²) in [7, 11) is -0.952. The van der Waals surface area contributed by atoms with Gasteiger partial charge in [-0.25, -0.2) is 0 Å². The number of piperazine rings is 1. The SMILES string of the molecule is CCS(=O)CCN1C(=O)CNC(=O)C1c1ccccc1. The smallest absolute Gasteiger partial charge is 0.247 e. The number of nitrogens with one attached hydrogen (secondary N) is 1. The van der Waals surface area contributed by atoms with Crippen LogP contribution < -0.4 is 5.32 Å². The van der Waals surface area contributed by atoms with Crippen LogP contribution in [0.3, 0.4) is 0 Å². The molecule has 1 aromatic rings. The number of carbonyl (C=O) groups excluding carboxylic acids is 2. The van der Waals surface area contributed by atoms with E-state index in [1.165, 1.54) is 4.90 Å². The number of amides is 2. The molecule has 0 bridgehead atoms. The van der Waals surface area contributed by atoms with Gasteiger partial charge in [-0.1, -0.05) is 37.3 Å². The minimum Gasteiger partial charge on any atom is -0.345 e. The van der Waals surface area contributed by atoms with Gasteiger partial charge < -0.3 is 10.2 Å². The van der Waals surface area contributed by atoms with Crippen molar-refractivity contribution in [2.24, 2.45) is 0 Å². The van der Waals surface area contributed by atoms with Gasteiger partial charge in [-0.3, -0.25) is 13.8 Å². The molecule has 0 saturated carbocycles. The summed E-state index contributed by atoms with van der Waals surface area (Å²) in [5.74, 6) is 0.646. The van der Waals surface area contributed by atoms with Gasteiger partial charge in [0.1, 0.15) is 6.04 Å². The van der Waals surface area contributed by atoms with Gasteiger partial charge in [0.25, 0.3) is 0 Å². The molecule has 108 valence electrons. The maximum absolute atomic E-state index is 12.1. The van der Waals surface area contributed by atoms with Crippen molar-refractivity contribution in [3.63, 3.8) is 0 Å². The Labute approximate surface area is 120 Å². The molecule has 20 heavy (non-hydrogen) atoms. The zero-order valence-electron chi connectivity index (χ0n) is 11.4. The summed E-state index contributed by atoms with van der Waals surface area (Å²) in [4.78, 5) is 25.7. The molecule has 1 aliphatic heterocycles. The molecule has 1 saturated heterocycles. The quantitative estimate of drug-likeness (QED) is 0.857. The molecular weight excluding hydrogens is 276 g/mol. The van der Waals surface area contributed by atoms with Crippen LogP contribution in [-0.2, 0) is 20.4 Å². The van der Waals surface area contributed by atoms with Crippen molar-refractivity contribution in [2.45, 2.75) is 13.0 Å². The molecular formula is C14H18N2O3S. The number of rotatable bonds is 5. The van der Waals surface area contributed by atoms with Gasteiger partial charge >= 0.3 is 0 Å². The van der Waals surface area contributed by atoms with E-state index in [1.54, 1.807) is 0 Å². The summed E-state index contributed by atoms with van der Waals surface area (Å²) in [6.45, 7) is 2.20. The van der Waals surface area contributed by atoms with Gasteiger partial charge in [0.05, 0.1) is 6.54 Å². The van der Waals surface area contributed by atoms with Crippen molar-refractivity contribution in [2.75, 3.05) is 24.6 Å². The number of hydrogen-bond acceptors (Lipinski definition) is 3. The largest absolute Gasteiger partial charge is 0.345 e. The Kier molecular flexibility index (Phi) is 4.89. The average Bonchev–Trinajstić information content (AvgIpc) is 2.48. The third-order valence-electron chi connectivity index (χ3n) is 3.29. The van der Waals surface area contributed by atoms with Crippen molar-refractivity contribution in [3.05, 3.63) is 35.9 Å². The summed E-state index contributed by atoms with van der Waals surface area (Å²) in [6, 6.07) is 8.57. The van der Waals surface area contributed by atoms with Crippen molar-refractivity contribution in [3.8, 4) is 0 Å². The van der Waals surface area contributed by atoms with Gasteiger partial charge in [-0.2, -0.15) is 0 Å². The third kappa shape index (κ3) is 3.25. The maximum Gasteiger partial charge on any atom is 0.247 e. The summed E-state index contributed by atoms with van der Waals surface area (Å²) in [5.41, 5.74) is 0.778. The van der Waals surface area contributed by atoms with Crippen LogP contribution in [0, 0.1) is 0 Å². The van der Waals surface area contributed by atoms with Crippen molar-refractivity contribution in [1.29, 1.82) is 0 Å². The van der Waals surface area contributed by atoms with Gasteiger partial charge in [-0.15, -0.1) is 0 Å². The summed E-state index contributed by atoms with van der Waals surface area (Å²) < 4.78 is 11.6. The van der Waals surface area contributed by atoms with Crippen molar-refractivity contribution in [1.82, 2.24) is 10.2 Å². The first-order valence-corrected chi connectivity index (χ1v) is 8.09. The van der Waals surface area contributed by atoms with E-state index in [2.05, 4.69) is 5.32 Å². The summed E-state index contributed by atoms with van der Waals surface area (Å²) >= 11 is 0. The van der Waals surface area contributed by atoms with E-state index in [4.69, 9.17) is 0 Å². The van der Waals surface area contributed by atoms with Gasteiger partial charge in [0.15, 0.2) is 0 Å². The Morgan fingerprint density at radius 2 is 2.00 bits per heavy atom. The lowest BCUT2D eigenvalue weighted by Gasteiger charge is -2.35. The van der Waals surface area contributed by atoms with E-state index in [0.29, 0.717) is 18.1 Å². The number of benzene rings is 1. The standard InChI is InChI=1S/C14H18N2O3S/c1-2-20(19)9-8-16-12(17)10-15-14(18)13(16)11-6-4-3-5-7-11/h3-7,13H,2,8-10H2,1H3,(H,15,18). The fourth-order valence-corrected chi connectivity index (χ4v) is 2.90. The lowest BCUT2D eigenvalue weighted by atomic mass is 10.0. The topological polar surface area (TPSA) is 66.5 Å². The van der Waals surface area contributed by atoms with Gasteiger partial charge in [-0.05, 0) is 5.56 Å². The minimum atomic E-state index is -0.952. The molecule has 2 rings (SSSR count). The van der Waals surface area contributed by atoms with Crippen LogP contribution in [0.4, 0.5) is 0 Å². The zero-order chi connectivity index (χ0) is 14.5.